The second-order valence-electron chi connectivity index (χ2n) is 6.81. The van der Waals surface area contributed by atoms with Gasteiger partial charge in [0.25, 0.3) is 0 Å². The highest BCUT2D eigenvalue weighted by Crippen LogP contribution is 2.37. The molecule has 0 bridgehead atoms. The van der Waals surface area contributed by atoms with Crippen molar-refractivity contribution in [3.8, 4) is 0 Å². The molecule has 0 aliphatic heterocycles. The topological polar surface area (TPSA) is 50.9 Å². The maximum atomic E-state index is 9.86. The second kappa shape index (κ2) is 9.79. The molecule has 0 radical (unpaired) electrons. The quantitative estimate of drug-likeness (QED) is 0.472. The van der Waals surface area contributed by atoms with Crippen LogP contribution in [-0.4, -0.2) is 19.6 Å². The molecule has 3 rings (SSSR count). The van der Waals surface area contributed by atoms with Crippen LogP contribution in [0.5, 0.6) is 0 Å². The molecule has 0 saturated carbocycles. The van der Waals surface area contributed by atoms with Gasteiger partial charge in [0.15, 0.2) is 0 Å². The Bertz CT molecular complexity index is 909. The van der Waals surface area contributed by atoms with Gasteiger partial charge in [0.1, 0.15) is 17.5 Å². The lowest BCUT2D eigenvalue weighted by Crippen LogP contribution is -2.07. The fourth-order valence-electron chi connectivity index (χ4n) is 3.00. The summed E-state index contributed by atoms with van der Waals surface area (Å²) < 4.78 is 2.11. The largest absolute Gasteiger partial charge is 0.388 e. The summed E-state index contributed by atoms with van der Waals surface area (Å²) in [4.78, 5) is 10.0. The molecule has 7 heteroatoms. The van der Waals surface area contributed by atoms with E-state index in [0.29, 0.717) is 15.9 Å². The molecule has 1 aromatic carbocycles. The number of aliphatic hydroxyl groups is 1. The van der Waals surface area contributed by atoms with E-state index in [2.05, 4.69) is 23.4 Å². The number of aliphatic hydroxyl groups excluding tert-OH is 1. The van der Waals surface area contributed by atoms with E-state index in [1.54, 1.807) is 17.8 Å². The second-order valence-corrected chi connectivity index (χ2v) is 8.75. The zero-order chi connectivity index (χ0) is 20.1. The number of halogens is 2. The first-order valence-corrected chi connectivity index (χ1v) is 10.8. The molecular weight excluding hydrogens is 413 g/mol. The number of benzene rings is 1. The van der Waals surface area contributed by atoms with Crippen LogP contribution in [0.15, 0.2) is 52.5 Å². The van der Waals surface area contributed by atoms with Crippen molar-refractivity contribution in [3.63, 3.8) is 0 Å². The lowest BCUT2D eigenvalue weighted by atomic mass is 10.1. The Morgan fingerprint density at radius 1 is 1.14 bits per heavy atom. The minimum Gasteiger partial charge on any atom is -0.388 e. The molecular formula is C21H23Cl2N3OS. The molecule has 0 amide bonds. The van der Waals surface area contributed by atoms with Crippen LogP contribution in [0.4, 0.5) is 0 Å². The summed E-state index contributed by atoms with van der Waals surface area (Å²) in [7, 11) is 0. The van der Waals surface area contributed by atoms with E-state index in [0.717, 1.165) is 40.7 Å². The van der Waals surface area contributed by atoms with Gasteiger partial charge < -0.3 is 9.67 Å². The van der Waals surface area contributed by atoms with Crippen LogP contribution >= 0.6 is 35.0 Å². The standard InChI is InChI=1S/C21H23Cl2N3OS/c1-14(2)20-21(28-18-11-15(22)10-16(23)12-18)26(19(13-27)25-20)9-5-7-17-6-3-4-8-24-17/h3-4,6,8,10-12,14,27H,5,7,9,13H2,1-2H3. The van der Waals surface area contributed by atoms with Gasteiger partial charge in [0, 0.05) is 33.4 Å². The smallest absolute Gasteiger partial charge is 0.135 e. The van der Waals surface area contributed by atoms with E-state index < -0.39 is 0 Å². The number of hydrogen-bond donors (Lipinski definition) is 1. The van der Waals surface area contributed by atoms with Crippen LogP contribution in [-0.2, 0) is 19.6 Å². The number of aromatic nitrogens is 3. The van der Waals surface area contributed by atoms with E-state index in [4.69, 9.17) is 28.2 Å². The normalized spacial score (nSPS) is 11.4. The lowest BCUT2D eigenvalue weighted by molar-refractivity contribution is 0.263. The van der Waals surface area contributed by atoms with Crippen molar-refractivity contribution in [1.29, 1.82) is 0 Å². The van der Waals surface area contributed by atoms with Gasteiger partial charge in [0.05, 0.1) is 5.69 Å². The number of rotatable bonds is 8. The first-order chi connectivity index (χ1) is 13.5. The van der Waals surface area contributed by atoms with Crippen molar-refractivity contribution in [1.82, 2.24) is 14.5 Å². The fourth-order valence-corrected chi connectivity index (χ4v) is 4.94. The van der Waals surface area contributed by atoms with Crippen LogP contribution in [0.1, 0.15) is 43.4 Å². The van der Waals surface area contributed by atoms with E-state index >= 15 is 0 Å². The molecule has 2 aromatic heterocycles. The molecule has 1 N–H and O–H groups in total. The van der Waals surface area contributed by atoms with Gasteiger partial charge in [-0.15, -0.1) is 0 Å². The summed E-state index contributed by atoms with van der Waals surface area (Å²) in [5, 5.41) is 12.1. The molecule has 0 fully saturated rings. The minimum atomic E-state index is -0.0971. The lowest BCUT2D eigenvalue weighted by Gasteiger charge is -2.13. The Morgan fingerprint density at radius 2 is 1.89 bits per heavy atom. The highest BCUT2D eigenvalue weighted by molar-refractivity contribution is 7.99. The van der Waals surface area contributed by atoms with Crippen LogP contribution in [0.2, 0.25) is 10.0 Å². The number of aryl methyl sites for hydroxylation is 1. The Kier molecular flexibility index (Phi) is 7.41. The third-order valence-electron chi connectivity index (χ3n) is 4.31. The third kappa shape index (κ3) is 5.29. The van der Waals surface area contributed by atoms with Crippen molar-refractivity contribution in [2.75, 3.05) is 0 Å². The van der Waals surface area contributed by atoms with Gasteiger partial charge in [-0.05, 0) is 49.1 Å². The molecule has 2 heterocycles. The molecule has 0 aliphatic rings. The molecule has 0 atom stereocenters. The SMILES string of the molecule is CC(C)c1nc(CO)n(CCCc2ccccn2)c1Sc1cc(Cl)cc(Cl)c1. The van der Waals surface area contributed by atoms with Gasteiger partial charge in [-0.2, -0.15) is 0 Å². The molecule has 28 heavy (non-hydrogen) atoms. The Labute approximate surface area is 179 Å². The molecule has 148 valence electrons. The maximum absolute atomic E-state index is 9.86. The fraction of sp³-hybridized carbons (Fsp3) is 0.333. The van der Waals surface area contributed by atoms with Gasteiger partial charge in [-0.1, -0.05) is 54.9 Å². The molecule has 0 unspecified atom stereocenters. The minimum absolute atomic E-state index is 0.0971. The van der Waals surface area contributed by atoms with Gasteiger partial charge in [0.2, 0.25) is 0 Å². The highest BCUT2D eigenvalue weighted by atomic mass is 35.5. The maximum Gasteiger partial charge on any atom is 0.135 e. The summed E-state index contributed by atoms with van der Waals surface area (Å²) in [6.45, 7) is 4.87. The van der Waals surface area contributed by atoms with Crippen LogP contribution in [0.25, 0.3) is 0 Å². The van der Waals surface area contributed by atoms with E-state index in [9.17, 15) is 5.11 Å². The summed E-state index contributed by atoms with van der Waals surface area (Å²) in [6, 6.07) is 11.5. The first kappa shape index (κ1) is 21.2. The number of pyridine rings is 1. The zero-order valence-electron chi connectivity index (χ0n) is 15.9. The Hall–Kier alpha value is -1.53. The van der Waals surface area contributed by atoms with Gasteiger partial charge >= 0.3 is 0 Å². The monoisotopic (exact) mass is 435 g/mol. The van der Waals surface area contributed by atoms with Crippen LogP contribution < -0.4 is 0 Å². The molecule has 4 nitrogen and oxygen atoms in total. The molecule has 0 saturated heterocycles. The predicted molar refractivity (Wildman–Crippen MR) is 115 cm³/mol. The summed E-state index contributed by atoms with van der Waals surface area (Å²) in [5.74, 6) is 0.917. The van der Waals surface area contributed by atoms with Crippen molar-refractivity contribution >= 4 is 35.0 Å². The van der Waals surface area contributed by atoms with E-state index in [1.807, 2.05) is 36.5 Å². The average Bonchev–Trinajstić information content (AvgIpc) is 2.99. The first-order valence-electron chi connectivity index (χ1n) is 9.22. The van der Waals surface area contributed by atoms with Crippen molar-refractivity contribution in [2.45, 2.75) is 55.7 Å². The van der Waals surface area contributed by atoms with Crippen molar-refractivity contribution in [2.24, 2.45) is 0 Å². The van der Waals surface area contributed by atoms with Crippen LogP contribution in [0, 0.1) is 0 Å². The number of imidazole rings is 1. The van der Waals surface area contributed by atoms with E-state index in [1.165, 1.54) is 0 Å². The highest BCUT2D eigenvalue weighted by Gasteiger charge is 2.20. The molecule has 0 spiro atoms. The number of nitrogens with zero attached hydrogens (tertiary/aromatic N) is 3. The predicted octanol–water partition coefficient (Wildman–Crippen LogP) is 5.98. The summed E-state index contributed by atoms with van der Waals surface area (Å²) >= 11 is 13.9. The third-order valence-corrected chi connectivity index (χ3v) is 5.84. The average molecular weight is 436 g/mol. The van der Waals surface area contributed by atoms with Crippen molar-refractivity contribution in [3.05, 3.63) is 69.9 Å². The Morgan fingerprint density at radius 3 is 2.50 bits per heavy atom. The zero-order valence-corrected chi connectivity index (χ0v) is 18.2. The van der Waals surface area contributed by atoms with Gasteiger partial charge in [-0.3, -0.25) is 4.98 Å². The van der Waals surface area contributed by atoms with E-state index in [-0.39, 0.29) is 12.5 Å². The molecule has 0 aliphatic carbocycles. The summed E-state index contributed by atoms with van der Waals surface area (Å²) in [6.07, 6.45) is 3.59. The number of hydrogen-bond acceptors (Lipinski definition) is 4. The van der Waals surface area contributed by atoms with Gasteiger partial charge in [-0.25, -0.2) is 4.98 Å². The Balaban J connectivity index is 1.88. The summed E-state index contributed by atoms with van der Waals surface area (Å²) in [5.41, 5.74) is 2.04. The molecule has 3 aromatic rings. The van der Waals surface area contributed by atoms with Crippen LogP contribution in [0.3, 0.4) is 0 Å². The van der Waals surface area contributed by atoms with Crippen molar-refractivity contribution < 1.29 is 5.11 Å².